The first-order chi connectivity index (χ1) is 12.1. The van der Waals surface area contributed by atoms with E-state index in [0.29, 0.717) is 11.3 Å². The Labute approximate surface area is 157 Å². The summed E-state index contributed by atoms with van der Waals surface area (Å²) in [6, 6.07) is 11.1. The van der Waals surface area contributed by atoms with Gasteiger partial charge in [0.1, 0.15) is 10.6 Å². The molecule has 130 valence electrons. The molecule has 3 heterocycles. The second kappa shape index (κ2) is 6.90. The maximum atomic E-state index is 6.23. The number of hydrogen-bond donors (Lipinski definition) is 0. The van der Waals surface area contributed by atoms with Gasteiger partial charge < -0.3 is 9.80 Å². The minimum atomic E-state index is 0.332. The number of halogens is 1. The van der Waals surface area contributed by atoms with Crippen molar-refractivity contribution in [2.45, 2.75) is 18.9 Å². The number of piperidine rings is 1. The molecular weight excluding hydrogens is 352 g/mol. The van der Waals surface area contributed by atoms with Gasteiger partial charge in [-0.05, 0) is 44.1 Å². The van der Waals surface area contributed by atoms with E-state index in [1.54, 1.807) is 11.3 Å². The summed E-state index contributed by atoms with van der Waals surface area (Å²) in [5.74, 6) is 0.979. The van der Waals surface area contributed by atoms with Crippen molar-refractivity contribution in [3.8, 4) is 11.1 Å². The van der Waals surface area contributed by atoms with Crippen molar-refractivity contribution in [3.05, 3.63) is 41.0 Å². The van der Waals surface area contributed by atoms with Gasteiger partial charge in [0.2, 0.25) is 5.28 Å². The van der Waals surface area contributed by atoms with E-state index < -0.39 is 0 Å². The van der Waals surface area contributed by atoms with E-state index in [-0.39, 0.29) is 0 Å². The Bertz CT molecular complexity index is 870. The molecule has 2 aromatic heterocycles. The Balaban J connectivity index is 1.77. The molecule has 4 nitrogen and oxygen atoms in total. The highest BCUT2D eigenvalue weighted by atomic mass is 35.5. The molecule has 1 aromatic carbocycles. The van der Waals surface area contributed by atoms with Crippen molar-refractivity contribution in [2.24, 2.45) is 0 Å². The molecule has 1 aliphatic heterocycles. The van der Waals surface area contributed by atoms with Crippen LogP contribution in [0.4, 0.5) is 5.82 Å². The molecule has 0 amide bonds. The summed E-state index contributed by atoms with van der Waals surface area (Å²) in [6.07, 6.45) is 2.28. The van der Waals surface area contributed by atoms with Crippen LogP contribution < -0.4 is 4.90 Å². The van der Waals surface area contributed by atoms with Crippen molar-refractivity contribution in [1.82, 2.24) is 14.9 Å². The normalized spacial score (nSPS) is 16.1. The monoisotopic (exact) mass is 372 g/mol. The van der Waals surface area contributed by atoms with Gasteiger partial charge in [0.15, 0.2) is 0 Å². The fourth-order valence-electron chi connectivity index (χ4n) is 3.55. The molecule has 0 spiro atoms. The fraction of sp³-hybridized carbons (Fsp3) is 0.368. The molecule has 6 heteroatoms. The Morgan fingerprint density at radius 1 is 1.12 bits per heavy atom. The second-order valence-corrected chi connectivity index (χ2v) is 7.89. The van der Waals surface area contributed by atoms with Crippen LogP contribution >= 0.6 is 22.9 Å². The van der Waals surface area contributed by atoms with Gasteiger partial charge in [0.05, 0.1) is 5.39 Å². The molecule has 1 saturated heterocycles. The van der Waals surface area contributed by atoms with Crippen LogP contribution in [0.5, 0.6) is 0 Å². The lowest BCUT2D eigenvalue weighted by Crippen LogP contribution is -2.42. The summed E-state index contributed by atoms with van der Waals surface area (Å²) in [4.78, 5) is 14.7. The summed E-state index contributed by atoms with van der Waals surface area (Å²) in [5.41, 5.74) is 2.39. The van der Waals surface area contributed by atoms with Gasteiger partial charge in [0.25, 0.3) is 0 Å². The van der Waals surface area contributed by atoms with Gasteiger partial charge in [-0.1, -0.05) is 30.3 Å². The van der Waals surface area contributed by atoms with Crippen LogP contribution in [0.2, 0.25) is 5.28 Å². The number of anilines is 1. The summed E-state index contributed by atoms with van der Waals surface area (Å²) in [6.45, 7) is 1.99. The Hall–Kier alpha value is -1.69. The van der Waals surface area contributed by atoms with Crippen LogP contribution in [-0.2, 0) is 0 Å². The SMILES string of the molecule is CN(C)C1CCN(c2nc(Cl)nc3scc(-c4ccccc4)c23)CC1. The first-order valence-corrected chi connectivity index (χ1v) is 9.81. The number of benzene rings is 1. The molecule has 0 saturated carbocycles. The van der Waals surface area contributed by atoms with Crippen molar-refractivity contribution in [1.29, 1.82) is 0 Å². The lowest BCUT2D eigenvalue weighted by atomic mass is 10.0. The summed E-state index contributed by atoms with van der Waals surface area (Å²) < 4.78 is 0. The third kappa shape index (κ3) is 3.24. The average Bonchev–Trinajstić information content (AvgIpc) is 3.05. The average molecular weight is 373 g/mol. The highest BCUT2D eigenvalue weighted by Gasteiger charge is 2.25. The molecule has 3 aromatic rings. The van der Waals surface area contributed by atoms with E-state index in [2.05, 4.69) is 63.5 Å². The Morgan fingerprint density at radius 3 is 2.52 bits per heavy atom. The van der Waals surface area contributed by atoms with E-state index >= 15 is 0 Å². The Kier molecular flexibility index (Phi) is 4.63. The number of fused-ring (bicyclic) bond motifs is 1. The smallest absolute Gasteiger partial charge is 0.225 e. The van der Waals surface area contributed by atoms with Gasteiger partial charge in [-0.2, -0.15) is 4.98 Å². The highest BCUT2D eigenvalue weighted by molar-refractivity contribution is 7.17. The number of thiophene rings is 1. The predicted octanol–water partition coefficient (Wildman–Crippen LogP) is 4.54. The van der Waals surface area contributed by atoms with Crippen LogP contribution in [0.1, 0.15) is 12.8 Å². The van der Waals surface area contributed by atoms with E-state index in [1.807, 2.05) is 6.07 Å². The minimum Gasteiger partial charge on any atom is -0.356 e. The fourth-order valence-corrected chi connectivity index (χ4v) is 4.71. The van der Waals surface area contributed by atoms with Crippen molar-refractivity contribution in [2.75, 3.05) is 32.1 Å². The number of aromatic nitrogens is 2. The molecule has 0 aliphatic carbocycles. The first kappa shape index (κ1) is 16.8. The zero-order valence-electron chi connectivity index (χ0n) is 14.4. The van der Waals surface area contributed by atoms with Gasteiger partial charge in [-0.3, -0.25) is 0 Å². The van der Waals surface area contributed by atoms with Crippen LogP contribution in [0.15, 0.2) is 35.7 Å². The van der Waals surface area contributed by atoms with E-state index in [9.17, 15) is 0 Å². The van der Waals surface area contributed by atoms with Crippen molar-refractivity contribution in [3.63, 3.8) is 0 Å². The predicted molar refractivity (Wildman–Crippen MR) is 107 cm³/mol. The quantitative estimate of drug-likeness (QED) is 0.632. The molecule has 25 heavy (non-hydrogen) atoms. The molecule has 0 unspecified atom stereocenters. The molecule has 4 rings (SSSR count). The third-order valence-electron chi connectivity index (χ3n) is 4.97. The molecule has 1 fully saturated rings. The van der Waals surface area contributed by atoms with Gasteiger partial charge in [-0.15, -0.1) is 11.3 Å². The largest absolute Gasteiger partial charge is 0.356 e. The summed E-state index contributed by atoms with van der Waals surface area (Å²) in [7, 11) is 4.32. The summed E-state index contributed by atoms with van der Waals surface area (Å²) in [5, 5.41) is 3.63. The topological polar surface area (TPSA) is 32.3 Å². The molecule has 0 bridgehead atoms. The van der Waals surface area contributed by atoms with Gasteiger partial charge in [-0.25, -0.2) is 4.98 Å². The van der Waals surface area contributed by atoms with Crippen LogP contribution in [-0.4, -0.2) is 48.1 Å². The zero-order chi connectivity index (χ0) is 17.4. The summed E-state index contributed by atoms with van der Waals surface area (Å²) >= 11 is 7.86. The van der Waals surface area contributed by atoms with Crippen LogP contribution in [0.3, 0.4) is 0 Å². The standard InChI is InChI=1S/C19H21ClN4S/c1-23(2)14-8-10-24(11-9-14)17-16-15(13-6-4-3-5-7-13)12-25-18(16)22-19(20)21-17/h3-7,12,14H,8-11H2,1-2H3. The maximum Gasteiger partial charge on any atom is 0.225 e. The third-order valence-corrected chi connectivity index (χ3v) is 6.01. The van der Waals surface area contributed by atoms with E-state index in [0.717, 1.165) is 42.0 Å². The minimum absolute atomic E-state index is 0.332. The maximum absolute atomic E-state index is 6.23. The van der Waals surface area contributed by atoms with Crippen LogP contribution in [0, 0.1) is 0 Å². The highest BCUT2D eigenvalue weighted by Crippen LogP contribution is 2.39. The van der Waals surface area contributed by atoms with E-state index in [4.69, 9.17) is 11.6 Å². The lowest BCUT2D eigenvalue weighted by Gasteiger charge is -2.36. The number of hydrogen-bond acceptors (Lipinski definition) is 5. The molecule has 0 N–H and O–H groups in total. The molecule has 0 radical (unpaired) electrons. The molecular formula is C19H21ClN4S. The van der Waals surface area contributed by atoms with Gasteiger partial charge >= 0.3 is 0 Å². The lowest BCUT2D eigenvalue weighted by molar-refractivity contribution is 0.249. The first-order valence-electron chi connectivity index (χ1n) is 8.55. The number of nitrogens with zero attached hydrogens (tertiary/aromatic N) is 4. The molecule has 1 aliphatic rings. The Morgan fingerprint density at radius 2 is 1.84 bits per heavy atom. The molecule has 0 atom stereocenters. The van der Waals surface area contributed by atoms with Crippen molar-refractivity contribution < 1.29 is 0 Å². The second-order valence-electron chi connectivity index (χ2n) is 6.69. The van der Waals surface area contributed by atoms with Crippen LogP contribution in [0.25, 0.3) is 21.3 Å². The zero-order valence-corrected chi connectivity index (χ0v) is 16.0. The van der Waals surface area contributed by atoms with E-state index in [1.165, 1.54) is 11.1 Å². The number of rotatable bonds is 3. The van der Waals surface area contributed by atoms with Crippen molar-refractivity contribution >= 4 is 39.0 Å². The van der Waals surface area contributed by atoms with Gasteiger partial charge in [0, 0.05) is 30.1 Å².